The summed E-state index contributed by atoms with van der Waals surface area (Å²) < 4.78 is 0. The highest BCUT2D eigenvalue weighted by atomic mass is 16.3. The molecule has 1 unspecified atom stereocenters. The minimum atomic E-state index is -0.729. The highest BCUT2D eigenvalue weighted by molar-refractivity contribution is 5.25. The molecule has 0 bridgehead atoms. The fourth-order valence-corrected chi connectivity index (χ4v) is 2.02. The third-order valence-electron chi connectivity index (χ3n) is 2.86. The van der Waals surface area contributed by atoms with E-state index in [1.165, 1.54) is 0 Å². The average molecular weight is 246 g/mol. The Balaban J connectivity index is 2.71. The number of rotatable bonds is 6. The summed E-state index contributed by atoms with van der Waals surface area (Å²) in [5.74, 6) is -0.145. The maximum atomic E-state index is 9.85. The van der Waals surface area contributed by atoms with Gasteiger partial charge in [0.2, 0.25) is 0 Å². The number of hydrogen-bond donors (Lipinski definition) is 1. The summed E-state index contributed by atoms with van der Waals surface area (Å²) in [5.41, 5.74) is 0.307. The van der Waals surface area contributed by atoms with Crippen molar-refractivity contribution in [1.29, 1.82) is 5.26 Å². The largest absolute Gasteiger partial charge is 0.389 e. The standard InChI is InChI=1S/C15H22N2O/c1-4-17(12-15(2,3)18)11-14(10-16)13-8-6-5-7-9-13/h5-9,14,18H,4,11-12H2,1-3H3. The second kappa shape index (κ2) is 6.53. The van der Waals surface area contributed by atoms with Gasteiger partial charge in [-0.25, -0.2) is 0 Å². The molecule has 0 fully saturated rings. The number of nitriles is 1. The third kappa shape index (κ3) is 4.87. The quantitative estimate of drug-likeness (QED) is 0.838. The van der Waals surface area contributed by atoms with Crippen LogP contribution in [0.25, 0.3) is 0 Å². The summed E-state index contributed by atoms with van der Waals surface area (Å²) in [7, 11) is 0. The van der Waals surface area contributed by atoms with Crippen molar-refractivity contribution >= 4 is 0 Å². The van der Waals surface area contributed by atoms with Crippen molar-refractivity contribution in [1.82, 2.24) is 4.90 Å². The second-order valence-electron chi connectivity index (χ2n) is 5.23. The Hall–Kier alpha value is -1.37. The van der Waals surface area contributed by atoms with E-state index in [0.29, 0.717) is 13.1 Å². The van der Waals surface area contributed by atoms with Crippen molar-refractivity contribution in [3.05, 3.63) is 35.9 Å². The van der Waals surface area contributed by atoms with E-state index in [-0.39, 0.29) is 5.92 Å². The number of aliphatic hydroxyl groups is 1. The Bertz CT molecular complexity index is 389. The Morgan fingerprint density at radius 1 is 1.33 bits per heavy atom. The number of benzene rings is 1. The molecule has 0 saturated carbocycles. The number of nitrogens with zero attached hydrogens (tertiary/aromatic N) is 2. The first-order valence-electron chi connectivity index (χ1n) is 6.35. The van der Waals surface area contributed by atoms with Gasteiger partial charge in [0.15, 0.2) is 0 Å². The predicted molar refractivity (Wildman–Crippen MR) is 73.2 cm³/mol. The zero-order valence-corrected chi connectivity index (χ0v) is 11.4. The van der Waals surface area contributed by atoms with Crippen molar-refractivity contribution in [3.63, 3.8) is 0 Å². The van der Waals surface area contributed by atoms with Gasteiger partial charge in [-0.2, -0.15) is 5.26 Å². The van der Waals surface area contributed by atoms with Crippen LogP contribution in [0.15, 0.2) is 30.3 Å². The Kier molecular flexibility index (Phi) is 5.33. The molecule has 0 heterocycles. The summed E-state index contributed by atoms with van der Waals surface area (Å²) in [5, 5.41) is 19.1. The lowest BCUT2D eigenvalue weighted by Crippen LogP contribution is -2.40. The van der Waals surface area contributed by atoms with Crippen LogP contribution in [-0.2, 0) is 0 Å². The molecule has 18 heavy (non-hydrogen) atoms. The molecule has 1 N–H and O–H groups in total. The van der Waals surface area contributed by atoms with E-state index in [1.807, 2.05) is 37.3 Å². The van der Waals surface area contributed by atoms with Crippen LogP contribution in [0.5, 0.6) is 0 Å². The van der Waals surface area contributed by atoms with Crippen LogP contribution < -0.4 is 0 Å². The van der Waals surface area contributed by atoms with Crippen LogP contribution in [0.2, 0.25) is 0 Å². The maximum Gasteiger partial charge on any atom is 0.0839 e. The SMILES string of the molecule is CCN(CC(C#N)c1ccccc1)CC(C)(C)O. The predicted octanol–water partition coefficient (Wildman–Crippen LogP) is 2.39. The highest BCUT2D eigenvalue weighted by Crippen LogP contribution is 2.17. The van der Waals surface area contributed by atoms with Gasteiger partial charge in [0.1, 0.15) is 0 Å². The van der Waals surface area contributed by atoms with Gasteiger partial charge in [-0.3, -0.25) is 4.90 Å². The van der Waals surface area contributed by atoms with Gasteiger partial charge in [-0.15, -0.1) is 0 Å². The van der Waals surface area contributed by atoms with Gasteiger partial charge >= 0.3 is 0 Å². The van der Waals surface area contributed by atoms with Crippen molar-refractivity contribution in [2.75, 3.05) is 19.6 Å². The van der Waals surface area contributed by atoms with Gasteiger partial charge in [-0.1, -0.05) is 37.3 Å². The van der Waals surface area contributed by atoms with Crippen molar-refractivity contribution < 1.29 is 5.11 Å². The van der Waals surface area contributed by atoms with Crippen LogP contribution in [0.4, 0.5) is 0 Å². The highest BCUT2D eigenvalue weighted by Gasteiger charge is 2.20. The number of hydrogen-bond acceptors (Lipinski definition) is 3. The Morgan fingerprint density at radius 2 is 1.94 bits per heavy atom. The fourth-order valence-electron chi connectivity index (χ4n) is 2.02. The monoisotopic (exact) mass is 246 g/mol. The van der Waals surface area contributed by atoms with E-state index in [0.717, 1.165) is 12.1 Å². The summed E-state index contributed by atoms with van der Waals surface area (Å²) in [6, 6.07) is 12.2. The lowest BCUT2D eigenvalue weighted by Gasteiger charge is -2.29. The molecule has 0 amide bonds. The molecule has 98 valence electrons. The molecule has 0 aliphatic heterocycles. The summed E-state index contributed by atoms with van der Waals surface area (Å²) in [4.78, 5) is 2.11. The molecular formula is C15H22N2O. The van der Waals surface area contributed by atoms with E-state index < -0.39 is 5.60 Å². The lowest BCUT2D eigenvalue weighted by atomic mass is 9.99. The molecule has 0 radical (unpaired) electrons. The molecule has 3 heteroatoms. The molecule has 1 aromatic rings. The molecule has 3 nitrogen and oxygen atoms in total. The van der Waals surface area contributed by atoms with E-state index >= 15 is 0 Å². The molecular weight excluding hydrogens is 224 g/mol. The van der Waals surface area contributed by atoms with Gasteiger partial charge in [0.05, 0.1) is 17.6 Å². The Labute approximate surface area is 110 Å². The minimum Gasteiger partial charge on any atom is -0.389 e. The van der Waals surface area contributed by atoms with E-state index in [2.05, 4.69) is 11.0 Å². The molecule has 1 aromatic carbocycles. The van der Waals surface area contributed by atoms with Crippen molar-refractivity contribution in [3.8, 4) is 6.07 Å². The fraction of sp³-hybridized carbons (Fsp3) is 0.533. The van der Waals surface area contributed by atoms with Crippen LogP contribution in [-0.4, -0.2) is 35.2 Å². The third-order valence-corrected chi connectivity index (χ3v) is 2.86. The number of likely N-dealkylation sites (N-methyl/N-ethyl adjacent to an activating group) is 1. The molecule has 0 saturated heterocycles. The first-order valence-corrected chi connectivity index (χ1v) is 6.35. The molecule has 1 atom stereocenters. The van der Waals surface area contributed by atoms with Gasteiger partial charge in [0.25, 0.3) is 0 Å². The first-order chi connectivity index (χ1) is 8.46. The molecule has 0 spiro atoms. The van der Waals surface area contributed by atoms with Crippen molar-refractivity contribution in [2.24, 2.45) is 0 Å². The van der Waals surface area contributed by atoms with Gasteiger partial charge in [0, 0.05) is 13.1 Å². The van der Waals surface area contributed by atoms with E-state index in [1.54, 1.807) is 13.8 Å². The summed E-state index contributed by atoms with van der Waals surface area (Å²) >= 11 is 0. The normalized spacial score (nSPS) is 13.3. The maximum absolute atomic E-state index is 9.85. The summed E-state index contributed by atoms with van der Waals surface area (Å²) in [6.45, 7) is 7.69. The van der Waals surface area contributed by atoms with Gasteiger partial charge in [-0.05, 0) is 26.0 Å². The molecule has 1 rings (SSSR count). The molecule has 0 aliphatic rings. The summed E-state index contributed by atoms with van der Waals surface area (Å²) in [6.07, 6.45) is 0. The van der Waals surface area contributed by atoms with Crippen LogP contribution in [0.1, 0.15) is 32.3 Å². The van der Waals surface area contributed by atoms with E-state index in [9.17, 15) is 10.4 Å². The second-order valence-corrected chi connectivity index (χ2v) is 5.23. The zero-order chi connectivity index (χ0) is 13.6. The van der Waals surface area contributed by atoms with E-state index in [4.69, 9.17) is 0 Å². The first kappa shape index (κ1) is 14.7. The smallest absolute Gasteiger partial charge is 0.0839 e. The Morgan fingerprint density at radius 3 is 2.39 bits per heavy atom. The lowest BCUT2D eigenvalue weighted by molar-refractivity contribution is 0.0373. The zero-order valence-electron chi connectivity index (χ0n) is 11.4. The van der Waals surface area contributed by atoms with Crippen LogP contribution in [0, 0.1) is 11.3 Å². The van der Waals surface area contributed by atoms with Crippen LogP contribution in [0.3, 0.4) is 0 Å². The molecule has 0 aliphatic carbocycles. The van der Waals surface area contributed by atoms with Crippen LogP contribution >= 0.6 is 0 Å². The topological polar surface area (TPSA) is 47.3 Å². The minimum absolute atomic E-state index is 0.145. The molecule has 0 aromatic heterocycles. The van der Waals surface area contributed by atoms with Gasteiger partial charge < -0.3 is 5.11 Å². The van der Waals surface area contributed by atoms with Crippen molar-refractivity contribution in [2.45, 2.75) is 32.3 Å². The average Bonchev–Trinajstić information content (AvgIpc) is 2.34.